The summed E-state index contributed by atoms with van der Waals surface area (Å²) in [5.74, 6) is 1.01. The van der Waals surface area contributed by atoms with Crippen LogP contribution in [0, 0.1) is 0 Å². The summed E-state index contributed by atoms with van der Waals surface area (Å²) in [6, 6.07) is 4.64. The van der Waals surface area contributed by atoms with E-state index >= 15 is 0 Å². The number of rotatable bonds is 5. The third-order valence-electron chi connectivity index (χ3n) is 3.20. The highest BCUT2D eigenvalue weighted by Gasteiger charge is 2.31. The first-order chi connectivity index (χ1) is 9.94. The van der Waals surface area contributed by atoms with E-state index in [-0.39, 0.29) is 5.75 Å². The molecule has 1 aromatic rings. The van der Waals surface area contributed by atoms with Crippen molar-refractivity contribution in [2.45, 2.75) is 37.4 Å². The molecule has 0 radical (unpaired) electrons. The lowest BCUT2D eigenvalue weighted by molar-refractivity contribution is -0.274. The number of thioether (sulfide) groups is 1. The summed E-state index contributed by atoms with van der Waals surface area (Å²) in [5.41, 5.74) is 0.928. The molecule has 1 heterocycles. The van der Waals surface area contributed by atoms with Gasteiger partial charge in [0.25, 0.3) is 0 Å². The molecule has 1 atom stereocenters. The van der Waals surface area contributed by atoms with Crippen LogP contribution in [0.5, 0.6) is 5.75 Å². The highest BCUT2D eigenvalue weighted by atomic mass is 79.9. The van der Waals surface area contributed by atoms with Crippen molar-refractivity contribution in [3.05, 3.63) is 28.2 Å². The normalized spacial score (nSPS) is 19.5. The molecule has 7 heteroatoms. The van der Waals surface area contributed by atoms with Crippen LogP contribution >= 0.6 is 27.7 Å². The monoisotopic (exact) mass is 383 g/mol. The van der Waals surface area contributed by atoms with E-state index in [1.165, 1.54) is 31.1 Å². The first kappa shape index (κ1) is 17.0. The third-order valence-corrected chi connectivity index (χ3v) is 5.21. The number of ether oxygens (including phenoxy) is 1. The predicted octanol–water partition coefficient (Wildman–Crippen LogP) is 4.72. The van der Waals surface area contributed by atoms with Crippen molar-refractivity contribution in [1.29, 1.82) is 0 Å². The largest absolute Gasteiger partial charge is 0.573 e. The zero-order valence-electron chi connectivity index (χ0n) is 11.4. The van der Waals surface area contributed by atoms with Crippen LogP contribution in [-0.2, 0) is 6.54 Å². The average Bonchev–Trinajstić information content (AvgIpc) is 2.42. The highest BCUT2D eigenvalue weighted by molar-refractivity contribution is 9.10. The Balaban J connectivity index is 1.82. The van der Waals surface area contributed by atoms with E-state index in [4.69, 9.17) is 0 Å². The van der Waals surface area contributed by atoms with E-state index in [1.54, 1.807) is 12.1 Å². The Morgan fingerprint density at radius 3 is 2.76 bits per heavy atom. The number of alkyl halides is 3. The summed E-state index contributed by atoms with van der Waals surface area (Å²) in [4.78, 5) is 0. The third kappa shape index (κ3) is 6.08. The van der Waals surface area contributed by atoms with Gasteiger partial charge in [-0.05, 0) is 52.2 Å². The molecule has 21 heavy (non-hydrogen) atoms. The lowest BCUT2D eigenvalue weighted by Gasteiger charge is -2.21. The maximum Gasteiger partial charge on any atom is 0.573 e. The Labute approximate surface area is 134 Å². The van der Waals surface area contributed by atoms with Gasteiger partial charge < -0.3 is 10.1 Å². The Kier molecular flexibility index (Phi) is 6.25. The van der Waals surface area contributed by atoms with Crippen molar-refractivity contribution in [2.24, 2.45) is 0 Å². The molecule has 1 aliphatic heterocycles. The van der Waals surface area contributed by atoms with E-state index in [0.29, 0.717) is 16.3 Å². The average molecular weight is 384 g/mol. The van der Waals surface area contributed by atoms with E-state index in [1.807, 2.05) is 11.8 Å². The van der Waals surface area contributed by atoms with Crippen molar-refractivity contribution in [3.8, 4) is 5.75 Å². The van der Waals surface area contributed by atoms with Gasteiger partial charge >= 0.3 is 6.36 Å². The zero-order chi connectivity index (χ0) is 15.3. The van der Waals surface area contributed by atoms with Gasteiger partial charge in [-0.3, -0.25) is 0 Å². The molecule has 0 bridgehead atoms. The van der Waals surface area contributed by atoms with Crippen molar-refractivity contribution < 1.29 is 17.9 Å². The minimum atomic E-state index is -4.67. The Morgan fingerprint density at radius 2 is 2.14 bits per heavy atom. The minimum absolute atomic E-state index is 0.214. The van der Waals surface area contributed by atoms with Gasteiger partial charge in [0.15, 0.2) is 0 Å². The molecule has 1 N–H and O–H groups in total. The first-order valence-electron chi connectivity index (χ1n) is 6.80. The molecule has 118 valence electrons. The van der Waals surface area contributed by atoms with Gasteiger partial charge in [-0.15, -0.1) is 13.2 Å². The van der Waals surface area contributed by atoms with Gasteiger partial charge in [-0.1, -0.05) is 12.5 Å². The van der Waals surface area contributed by atoms with Crippen LogP contribution < -0.4 is 10.1 Å². The number of benzene rings is 1. The van der Waals surface area contributed by atoms with Gasteiger partial charge in [0, 0.05) is 18.3 Å². The van der Waals surface area contributed by atoms with E-state index in [2.05, 4.69) is 26.0 Å². The number of nitrogens with one attached hydrogen (secondary N) is 1. The number of hydrogen-bond acceptors (Lipinski definition) is 3. The summed E-state index contributed by atoms with van der Waals surface area (Å²) < 4.78 is 40.7. The predicted molar refractivity (Wildman–Crippen MR) is 82.6 cm³/mol. The lowest BCUT2D eigenvalue weighted by atomic mass is 10.2. The molecule has 1 fully saturated rings. The van der Waals surface area contributed by atoms with Crippen LogP contribution in [0.3, 0.4) is 0 Å². The van der Waals surface area contributed by atoms with Crippen LogP contribution in [0.4, 0.5) is 13.2 Å². The van der Waals surface area contributed by atoms with E-state index in [0.717, 1.165) is 12.1 Å². The van der Waals surface area contributed by atoms with E-state index < -0.39 is 6.36 Å². The lowest BCUT2D eigenvalue weighted by Crippen LogP contribution is -2.26. The van der Waals surface area contributed by atoms with Crippen LogP contribution in [0.1, 0.15) is 24.8 Å². The minimum Gasteiger partial charge on any atom is -0.405 e. The topological polar surface area (TPSA) is 21.3 Å². The molecule has 2 nitrogen and oxygen atoms in total. The van der Waals surface area contributed by atoms with Crippen LogP contribution in [0.15, 0.2) is 22.7 Å². The summed E-state index contributed by atoms with van der Waals surface area (Å²) in [6.07, 6.45) is -0.844. The quantitative estimate of drug-likeness (QED) is 0.794. The molecule has 1 saturated heterocycles. The molecule has 0 amide bonds. The van der Waals surface area contributed by atoms with Gasteiger partial charge in [0.2, 0.25) is 0 Å². The Hall–Kier alpha value is -0.400. The van der Waals surface area contributed by atoms with Crippen molar-refractivity contribution in [1.82, 2.24) is 5.32 Å². The molecule has 1 aromatic carbocycles. The number of hydrogen-bond donors (Lipinski definition) is 1. The Bertz CT molecular complexity index is 464. The van der Waals surface area contributed by atoms with Crippen molar-refractivity contribution in [3.63, 3.8) is 0 Å². The van der Waals surface area contributed by atoms with E-state index in [9.17, 15) is 13.2 Å². The molecule has 1 aliphatic rings. The molecule has 0 aliphatic carbocycles. The molecular formula is C14H17BrF3NOS. The second kappa shape index (κ2) is 7.74. The summed E-state index contributed by atoms with van der Waals surface area (Å²) in [7, 11) is 0. The summed E-state index contributed by atoms with van der Waals surface area (Å²) in [6.45, 7) is 1.57. The smallest absolute Gasteiger partial charge is 0.405 e. The maximum absolute atomic E-state index is 12.2. The number of halogens is 4. The SMILES string of the molecule is FC(F)(F)Oc1ccc(CNCC2CCCCS2)cc1Br. The van der Waals surface area contributed by atoms with Gasteiger partial charge in [-0.25, -0.2) is 0 Å². The molecule has 1 unspecified atom stereocenters. The fourth-order valence-electron chi connectivity index (χ4n) is 2.21. The molecule has 0 spiro atoms. The first-order valence-corrected chi connectivity index (χ1v) is 8.65. The van der Waals surface area contributed by atoms with Crippen molar-refractivity contribution >= 4 is 27.7 Å². The second-order valence-corrected chi connectivity index (χ2v) is 7.19. The van der Waals surface area contributed by atoms with Crippen molar-refractivity contribution in [2.75, 3.05) is 12.3 Å². The summed E-state index contributed by atoms with van der Waals surface area (Å²) in [5, 5.41) is 4.01. The van der Waals surface area contributed by atoms with Gasteiger partial charge in [0.05, 0.1) is 4.47 Å². The zero-order valence-corrected chi connectivity index (χ0v) is 13.8. The maximum atomic E-state index is 12.2. The summed E-state index contributed by atoms with van der Waals surface area (Å²) >= 11 is 5.10. The molecular weight excluding hydrogens is 367 g/mol. The molecule has 0 aromatic heterocycles. The molecule has 2 rings (SSSR count). The van der Waals surface area contributed by atoms with Gasteiger partial charge in [-0.2, -0.15) is 11.8 Å². The van der Waals surface area contributed by atoms with Crippen LogP contribution in [0.25, 0.3) is 0 Å². The highest BCUT2D eigenvalue weighted by Crippen LogP contribution is 2.31. The van der Waals surface area contributed by atoms with Gasteiger partial charge in [0.1, 0.15) is 5.75 Å². The molecule has 0 saturated carbocycles. The Morgan fingerprint density at radius 1 is 1.33 bits per heavy atom. The second-order valence-electron chi connectivity index (χ2n) is 4.93. The fraction of sp³-hybridized carbons (Fsp3) is 0.571. The van der Waals surface area contributed by atoms with Crippen LogP contribution in [-0.4, -0.2) is 23.9 Å². The van der Waals surface area contributed by atoms with Crippen LogP contribution in [0.2, 0.25) is 0 Å². The fourth-order valence-corrected chi connectivity index (χ4v) is 3.99. The standard InChI is InChI=1S/C14H17BrF3NOS/c15-12-7-10(4-5-13(12)20-14(16,17)18)8-19-9-11-3-1-2-6-21-11/h4-5,7,11,19H,1-3,6,8-9H2.